The number of likely N-dealkylation sites (tertiary alicyclic amines) is 1. The summed E-state index contributed by atoms with van der Waals surface area (Å²) in [5.74, 6) is 0.684. The summed E-state index contributed by atoms with van der Waals surface area (Å²) in [5.41, 5.74) is 2.62. The van der Waals surface area contributed by atoms with Crippen LogP contribution in [-0.4, -0.2) is 38.0 Å². The van der Waals surface area contributed by atoms with Crippen molar-refractivity contribution in [2.24, 2.45) is 13.0 Å². The first-order valence-electron chi connectivity index (χ1n) is 10.1. The van der Waals surface area contributed by atoms with Gasteiger partial charge in [-0.25, -0.2) is 9.78 Å². The van der Waals surface area contributed by atoms with Gasteiger partial charge in [0.05, 0.1) is 16.7 Å². The number of nitrogens with zero attached hydrogens (tertiary/aromatic N) is 4. The van der Waals surface area contributed by atoms with Crippen LogP contribution in [0.4, 0.5) is 5.13 Å². The first-order chi connectivity index (χ1) is 14.0. The number of anilines is 1. The number of benzene rings is 1. The van der Waals surface area contributed by atoms with Gasteiger partial charge in [0.25, 0.3) is 0 Å². The van der Waals surface area contributed by atoms with Gasteiger partial charge in [0.1, 0.15) is 0 Å². The standard InChI is InChI=1S/C21H27N5O2S/c1-15-7-10-25(11-8-15)13-16-14-29-20(22-16)23-19(27)9-12-26-18-6-4-3-5-17(18)24(2)21(26)28/h3-6,14-15H,7-13H2,1-2H3,(H,22,23,27). The van der Waals surface area contributed by atoms with E-state index in [1.165, 1.54) is 24.2 Å². The molecule has 4 rings (SSSR count). The molecule has 1 aromatic carbocycles. The Hall–Kier alpha value is -2.45. The third-order valence-electron chi connectivity index (χ3n) is 5.67. The number of rotatable bonds is 6. The fourth-order valence-corrected chi connectivity index (χ4v) is 4.58. The maximum atomic E-state index is 12.5. The molecule has 29 heavy (non-hydrogen) atoms. The van der Waals surface area contributed by atoms with Gasteiger partial charge in [-0.05, 0) is 44.0 Å². The van der Waals surface area contributed by atoms with Crippen LogP contribution in [0.15, 0.2) is 34.4 Å². The second kappa shape index (κ2) is 8.51. The van der Waals surface area contributed by atoms with Gasteiger partial charge in [0, 0.05) is 31.9 Å². The minimum absolute atomic E-state index is 0.105. The molecular weight excluding hydrogens is 386 g/mol. The zero-order valence-corrected chi connectivity index (χ0v) is 17.7. The average molecular weight is 414 g/mol. The predicted octanol–water partition coefficient (Wildman–Crippen LogP) is 3.06. The number of piperidine rings is 1. The molecule has 1 fully saturated rings. The summed E-state index contributed by atoms with van der Waals surface area (Å²) in [6, 6.07) is 7.62. The maximum Gasteiger partial charge on any atom is 0.328 e. The number of hydrogen-bond acceptors (Lipinski definition) is 5. The van der Waals surface area contributed by atoms with Crippen LogP contribution in [-0.2, 0) is 24.9 Å². The number of aryl methyl sites for hydroxylation is 2. The fourth-order valence-electron chi connectivity index (χ4n) is 3.86. The number of amides is 1. The van der Waals surface area contributed by atoms with E-state index < -0.39 is 0 Å². The molecule has 154 valence electrons. The van der Waals surface area contributed by atoms with Crippen molar-refractivity contribution in [3.05, 3.63) is 45.8 Å². The number of carbonyl (C=O) groups is 1. The summed E-state index contributed by atoms with van der Waals surface area (Å²) in [7, 11) is 1.75. The number of para-hydroxylation sites is 2. The van der Waals surface area contributed by atoms with Crippen LogP contribution >= 0.6 is 11.3 Å². The van der Waals surface area contributed by atoms with Crippen molar-refractivity contribution < 1.29 is 4.79 Å². The molecule has 0 unspecified atom stereocenters. The predicted molar refractivity (Wildman–Crippen MR) is 116 cm³/mol. The lowest BCUT2D eigenvalue weighted by Crippen LogP contribution is -2.32. The Morgan fingerprint density at radius 2 is 1.97 bits per heavy atom. The Morgan fingerprint density at radius 1 is 1.24 bits per heavy atom. The van der Waals surface area contributed by atoms with Crippen LogP contribution in [0, 0.1) is 5.92 Å². The van der Waals surface area contributed by atoms with Crippen LogP contribution in [0.3, 0.4) is 0 Å². The van der Waals surface area contributed by atoms with E-state index in [9.17, 15) is 9.59 Å². The summed E-state index contributed by atoms with van der Waals surface area (Å²) in [6.07, 6.45) is 2.70. The Kier molecular flexibility index (Phi) is 5.82. The first kappa shape index (κ1) is 19.8. The number of imidazole rings is 1. The van der Waals surface area contributed by atoms with Crippen molar-refractivity contribution in [3.8, 4) is 0 Å². The van der Waals surface area contributed by atoms with E-state index in [2.05, 4.69) is 22.1 Å². The molecule has 2 aromatic heterocycles. The third-order valence-corrected chi connectivity index (χ3v) is 6.48. The average Bonchev–Trinajstić information content (AvgIpc) is 3.25. The topological polar surface area (TPSA) is 72.2 Å². The monoisotopic (exact) mass is 413 g/mol. The van der Waals surface area contributed by atoms with Gasteiger partial charge < -0.3 is 5.32 Å². The molecule has 0 bridgehead atoms. The Labute approximate surface area is 174 Å². The Bertz CT molecular complexity index is 1060. The Balaban J connectivity index is 1.33. The molecule has 3 heterocycles. The van der Waals surface area contributed by atoms with E-state index in [0.717, 1.165) is 42.3 Å². The van der Waals surface area contributed by atoms with Crippen molar-refractivity contribution in [1.29, 1.82) is 0 Å². The third kappa shape index (κ3) is 4.43. The SMILES string of the molecule is CC1CCN(Cc2csc(NC(=O)CCn3c(=O)n(C)c4ccccc43)n2)CC1. The van der Waals surface area contributed by atoms with Crippen LogP contribution in [0.5, 0.6) is 0 Å². The number of nitrogens with one attached hydrogen (secondary N) is 1. The highest BCUT2D eigenvalue weighted by atomic mass is 32.1. The zero-order chi connectivity index (χ0) is 20.4. The number of thiazole rings is 1. The van der Waals surface area contributed by atoms with E-state index >= 15 is 0 Å². The van der Waals surface area contributed by atoms with Crippen LogP contribution in [0.25, 0.3) is 11.0 Å². The smallest absolute Gasteiger partial charge is 0.302 e. The van der Waals surface area contributed by atoms with E-state index in [1.54, 1.807) is 16.2 Å². The van der Waals surface area contributed by atoms with Gasteiger partial charge in [0.15, 0.2) is 5.13 Å². The number of fused-ring (bicyclic) bond motifs is 1. The molecule has 7 nitrogen and oxygen atoms in total. The summed E-state index contributed by atoms with van der Waals surface area (Å²) in [6.45, 7) is 5.71. The van der Waals surface area contributed by atoms with Gasteiger partial charge >= 0.3 is 5.69 Å². The molecule has 0 aliphatic carbocycles. The molecule has 3 aromatic rings. The quantitative estimate of drug-likeness (QED) is 0.674. The normalized spacial score (nSPS) is 15.8. The summed E-state index contributed by atoms with van der Waals surface area (Å²) >= 11 is 1.46. The number of aromatic nitrogens is 3. The van der Waals surface area contributed by atoms with Crippen molar-refractivity contribution in [2.45, 2.75) is 39.3 Å². The van der Waals surface area contributed by atoms with Crippen molar-refractivity contribution in [2.75, 3.05) is 18.4 Å². The molecule has 1 aliphatic heterocycles. The number of hydrogen-bond donors (Lipinski definition) is 1. The van der Waals surface area contributed by atoms with E-state index in [-0.39, 0.29) is 18.0 Å². The van der Waals surface area contributed by atoms with Gasteiger partial charge in [-0.1, -0.05) is 19.1 Å². The summed E-state index contributed by atoms with van der Waals surface area (Å²) in [4.78, 5) is 31.8. The van der Waals surface area contributed by atoms with Crippen molar-refractivity contribution in [1.82, 2.24) is 19.0 Å². The molecule has 1 saturated heterocycles. The molecule has 1 amide bonds. The molecule has 0 atom stereocenters. The second-order valence-corrected chi connectivity index (χ2v) is 8.74. The van der Waals surface area contributed by atoms with Gasteiger partial charge in [-0.2, -0.15) is 0 Å². The van der Waals surface area contributed by atoms with E-state index in [4.69, 9.17) is 0 Å². The molecule has 1 N–H and O–H groups in total. The van der Waals surface area contributed by atoms with Crippen LogP contribution < -0.4 is 11.0 Å². The summed E-state index contributed by atoms with van der Waals surface area (Å²) < 4.78 is 3.27. The molecule has 8 heteroatoms. The highest BCUT2D eigenvalue weighted by molar-refractivity contribution is 7.13. The van der Waals surface area contributed by atoms with E-state index in [1.807, 2.05) is 29.6 Å². The van der Waals surface area contributed by atoms with Crippen LogP contribution in [0.1, 0.15) is 31.9 Å². The molecule has 0 saturated carbocycles. The zero-order valence-electron chi connectivity index (χ0n) is 16.9. The first-order valence-corrected chi connectivity index (χ1v) is 11.0. The largest absolute Gasteiger partial charge is 0.328 e. The van der Waals surface area contributed by atoms with Crippen molar-refractivity contribution >= 4 is 33.4 Å². The summed E-state index contributed by atoms with van der Waals surface area (Å²) in [5, 5.41) is 5.52. The Morgan fingerprint density at radius 3 is 2.72 bits per heavy atom. The lowest BCUT2D eigenvalue weighted by atomic mass is 9.99. The fraction of sp³-hybridized carbons (Fsp3) is 0.476. The van der Waals surface area contributed by atoms with E-state index in [0.29, 0.717) is 11.7 Å². The molecular formula is C21H27N5O2S. The second-order valence-electron chi connectivity index (χ2n) is 7.88. The molecule has 0 radical (unpaired) electrons. The lowest BCUT2D eigenvalue weighted by Gasteiger charge is -2.29. The lowest BCUT2D eigenvalue weighted by molar-refractivity contribution is -0.116. The minimum Gasteiger partial charge on any atom is -0.302 e. The highest BCUT2D eigenvalue weighted by Gasteiger charge is 2.17. The van der Waals surface area contributed by atoms with Gasteiger partial charge in [-0.3, -0.25) is 18.8 Å². The molecule has 0 spiro atoms. The highest BCUT2D eigenvalue weighted by Crippen LogP contribution is 2.21. The maximum absolute atomic E-state index is 12.5. The number of carbonyl (C=O) groups excluding carboxylic acids is 1. The van der Waals surface area contributed by atoms with Crippen LogP contribution in [0.2, 0.25) is 0 Å². The minimum atomic E-state index is -0.127. The van der Waals surface area contributed by atoms with Gasteiger partial charge in [0.2, 0.25) is 5.91 Å². The molecule has 1 aliphatic rings. The van der Waals surface area contributed by atoms with Gasteiger partial charge in [-0.15, -0.1) is 11.3 Å². The van der Waals surface area contributed by atoms with Crippen molar-refractivity contribution in [3.63, 3.8) is 0 Å².